The molecule has 0 radical (unpaired) electrons. The molecule has 4 nitrogen and oxygen atoms in total. The summed E-state index contributed by atoms with van der Waals surface area (Å²) in [5.74, 6) is 0.0735. The molecule has 1 aliphatic rings. The normalized spacial score (nSPS) is 16.6. The zero-order valence-corrected chi connectivity index (χ0v) is 12.9. The van der Waals surface area contributed by atoms with Gasteiger partial charge in [0.2, 0.25) is 5.91 Å². The molecular formula is C16H25N3O. The van der Waals surface area contributed by atoms with E-state index >= 15 is 0 Å². The number of amides is 1. The van der Waals surface area contributed by atoms with E-state index in [-0.39, 0.29) is 11.8 Å². The van der Waals surface area contributed by atoms with Crippen LogP contribution in [-0.4, -0.2) is 44.0 Å². The fourth-order valence-corrected chi connectivity index (χ4v) is 2.42. The summed E-state index contributed by atoms with van der Waals surface area (Å²) in [4.78, 5) is 16.5. The SMILES string of the molecule is Cc1cc(NC(=O)C(C)C)ccc1N1CCN(C)CC1. The molecule has 0 unspecified atom stereocenters. The van der Waals surface area contributed by atoms with Gasteiger partial charge in [0.1, 0.15) is 0 Å². The molecule has 1 fully saturated rings. The van der Waals surface area contributed by atoms with Crippen LogP contribution in [0.2, 0.25) is 0 Å². The number of piperazine rings is 1. The van der Waals surface area contributed by atoms with Crippen LogP contribution in [-0.2, 0) is 4.79 Å². The number of carbonyl (C=O) groups is 1. The fraction of sp³-hybridized carbons (Fsp3) is 0.562. The number of hydrogen-bond acceptors (Lipinski definition) is 3. The molecule has 1 N–H and O–H groups in total. The maximum absolute atomic E-state index is 11.7. The van der Waals surface area contributed by atoms with Crippen molar-refractivity contribution in [2.24, 2.45) is 5.92 Å². The average molecular weight is 275 g/mol. The fourth-order valence-electron chi connectivity index (χ4n) is 2.42. The van der Waals surface area contributed by atoms with Crippen LogP contribution in [0.25, 0.3) is 0 Å². The number of hydrogen-bond donors (Lipinski definition) is 1. The molecular weight excluding hydrogens is 250 g/mol. The molecule has 1 aromatic carbocycles. The maximum Gasteiger partial charge on any atom is 0.226 e. The van der Waals surface area contributed by atoms with Crippen LogP contribution in [0.1, 0.15) is 19.4 Å². The van der Waals surface area contributed by atoms with Gasteiger partial charge in [-0.15, -0.1) is 0 Å². The number of nitrogens with one attached hydrogen (secondary N) is 1. The quantitative estimate of drug-likeness (QED) is 0.919. The van der Waals surface area contributed by atoms with Crippen LogP contribution in [0.15, 0.2) is 18.2 Å². The van der Waals surface area contributed by atoms with Crippen LogP contribution in [0.4, 0.5) is 11.4 Å². The second-order valence-corrected chi connectivity index (χ2v) is 5.94. The topological polar surface area (TPSA) is 35.6 Å². The molecule has 0 bridgehead atoms. The zero-order valence-electron chi connectivity index (χ0n) is 12.9. The highest BCUT2D eigenvalue weighted by Gasteiger charge is 2.16. The first kappa shape index (κ1) is 14.9. The molecule has 4 heteroatoms. The lowest BCUT2D eigenvalue weighted by Crippen LogP contribution is -2.44. The Hall–Kier alpha value is -1.55. The van der Waals surface area contributed by atoms with Crippen LogP contribution < -0.4 is 10.2 Å². The van der Waals surface area contributed by atoms with E-state index in [0.717, 1.165) is 31.9 Å². The number of benzene rings is 1. The second-order valence-electron chi connectivity index (χ2n) is 5.94. The minimum Gasteiger partial charge on any atom is -0.369 e. The lowest BCUT2D eigenvalue weighted by atomic mass is 10.1. The first-order valence-electron chi connectivity index (χ1n) is 7.32. The summed E-state index contributed by atoms with van der Waals surface area (Å²) in [6.07, 6.45) is 0. The lowest BCUT2D eigenvalue weighted by molar-refractivity contribution is -0.118. The van der Waals surface area contributed by atoms with Gasteiger partial charge in [0, 0.05) is 43.5 Å². The molecule has 0 aromatic heterocycles. The van der Waals surface area contributed by atoms with Gasteiger partial charge in [-0.25, -0.2) is 0 Å². The largest absolute Gasteiger partial charge is 0.369 e. The van der Waals surface area contributed by atoms with E-state index in [1.807, 2.05) is 19.9 Å². The molecule has 20 heavy (non-hydrogen) atoms. The summed E-state index contributed by atoms with van der Waals surface area (Å²) in [5.41, 5.74) is 3.39. The van der Waals surface area contributed by atoms with Crippen LogP contribution in [0, 0.1) is 12.8 Å². The van der Waals surface area contributed by atoms with Gasteiger partial charge in [0.05, 0.1) is 0 Å². The van der Waals surface area contributed by atoms with Crippen molar-refractivity contribution in [3.63, 3.8) is 0 Å². The van der Waals surface area contributed by atoms with E-state index in [1.165, 1.54) is 11.3 Å². The third-order valence-corrected chi connectivity index (χ3v) is 3.83. The first-order valence-corrected chi connectivity index (χ1v) is 7.32. The molecule has 110 valence electrons. The van der Waals surface area contributed by atoms with Gasteiger partial charge < -0.3 is 15.1 Å². The van der Waals surface area contributed by atoms with Crippen molar-refractivity contribution in [1.82, 2.24) is 4.90 Å². The van der Waals surface area contributed by atoms with E-state index in [4.69, 9.17) is 0 Å². The summed E-state index contributed by atoms with van der Waals surface area (Å²) >= 11 is 0. The summed E-state index contributed by atoms with van der Waals surface area (Å²) in [6.45, 7) is 10.3. The van der Waals surface area contributed by atoms with Crippen molar-refractivity contribution in [2.45, 2.75) is 20.8 Å². The van der Waals surface area contributed by atoms with E-state index in [9.17, 15) is 4.79 Å². The second kappa shape index (κ2) is 6.27. The summed E-state index contributed by atoms with van der Waals surface area (Å²) in [7, 11) is 2.16. The van der Waals surface area contributed by atoms with Crippen LogP contribution >= 0.6 is 0 Å². The zero-order chi connectivity index (χ0) is 14.7. The van der Waals surface area contributed by atoms with Gasteiger partial charge in [-0.2, -0.15) is 0 Å². The van der Waals surface area contributed by atoms with E-state index in [0.29, 0.717) is 0 Å². The number of aryl methyl sites for hydroxylation is 1. The smallest absolute Gasteiger partial charge is 0.226 e. The predicted octanol–water partition coefficient (Wildman–Crippen LogP) is 2.34. The standard InChI is InChI=1S/C16H25N3O/c1-12(2)16(20)17-14-5-6-15(13(3)11-14)19-9-7-18(4)8-10-19/h5-6,11-12H,7-10H2,1-4H3,(H,17,20). The third kappa shape index (κ3) is 3.51. The van der Waals surface area contributed by atoms with Gasteiger partial charge >= 0.3 is 0 Å². The van der Waals surface area contributed by atoms with Gasteiger partial charge in [-0.1, -0.05) is 13.8 Å². The molecule has 1 aliphatic heterocycles. The number of carbonyl (C=O) groups excluding carboxylic acids is 1. The first-order chi connectivity index (χ1) is 9.47. The molecule has 0 spiro atoms. The molecule has 0 saturated carbocycles. The van der Waals surface area contributed by atoms with Crippen molar-refractivity contribution in [1.29, 1.82) is 0 Å². The third-order valence-electron chi connectivity index (χ3n) is 3.83. The number of likely N-dealkylation sites (N-methyl/N-ethyl adjacent to an activating group) is 1. The van der Waals surface area contributed by atoms with Gasteiger partial charge in [0.25, 0.3) is 0 Å². The minimum absolute atomic E-state index is 0.00705. The van der Waals surface area contributed by atoms with Crippen molar-refractivity contribution >= 4 is 17.3 Å². The van der Waals surface area contributed by atoms with E-state index < -0.39 is 0 Å². The minimum atomic E-state index is 0.00705. The maximum atomic E-state index is 11.7. The Balaban J connectivity index is 2.08. The molecule has 2 rings (SSSR count). The van der Waals surface area contributed by atoms with Crippen LogP contribution in [0.5, 0.6) is 0 Å². The molecule has 0 aliphatic carbocycles. The Bertz CT molecular complexity index is 477. The van der Waals surface area contributed by atoms with Crippen molar-refractivity contribution in [3.05, 3.63) is 23.8 Å². The Kier molecular flexibility index (Phi) is 4.65. The van der Waals surface area contributed by atoms with Crippen molar-refractivity contribution in [3.8, 4) is 0 Å². The van der Waals surface area contributed by atoms with E-state index in [1.54, 1.807) is 0 Å². The van der Waals surface area contributed by atoms with Gasteiger partial charge in [-0.3, -0.25) is 4.79 Å². The lowest BCUT2D eigenvalue weighted by Gasteiger charge is -2.35. The Morgan fingerprint density at radius 2 is 1.85 bits per heavy atom. The highest BCUT2D eigenvalue weighted by molar-refractivity contribution is 5.92. The molecule has 1 aromatic rings. The van der Waals surface area contributed by atoms with Gasteiger partial charge in [-0.05, 0) is 37.7 Å². The summed E-state index contributed by atoms with van der Waals surface area (Å²) in [5, 5.41) is 2.95. The Morgan fingerprint density at radius 3 is 2.40 bits per heavy atom. The number of nitrogens with zero attached hydrogens (tertiary/aromatic N) is 2. The highest BCUT2D eigenvalue weighted by Crippen LogP contribution is 2.24. The summed E-state index contributed by atoms with van der Waals surface area (Å²) in [6, 6.07) is 6.19. The number of rotatable bonds is 3. The molecule has 0 atom stereocenters. The average Bonchev–Trinajstić information content (AvgIpc) is 2.40. The van der Waals surface area contributed by atoms with Crippen LogP contribution in [0.3, 0.4) is 0 Å². The van der Waals surface area contributed by atoms with Crippen molar-refractivity contribution < 1.29 is 4.79 Å². The van der Waals surface area contributed by atoms with Gasteiger partial charge in [0.15, 0.2) is 0 Å². The Labute approximate surface area is 121 Å². The van der Waals surface area contributed by atoms with Crippen molar-refractivity contribution in [2.75, 3.05) is 43.4 Å². The summed E-state index contributed by atoms with van der Waals surface area (Å²) < 4.78 is 0. The molecule has 1 heterocycles. The number of anilines is 2. The predicted molar refractivity (Wildman–Crippen MR) is 84.4 cm³/mol. The Morgan fingerprint density at radius 1 is 1.20 bits per heavy atom. The van der Waals surface area contributed by atoms with E-state index in [2.05, 4.69) is 41.2 Å². The monoisotopic (exact) mass is 275 g/mol. The highest BCUT2D eigenvalue weighted by atomic mass is 16.1. The molecule has 1 saturated heterocycles. The molecule has 1 amide bonds.